The van der Waals surface area contributed by atoms with Crippen LogP contribution in [0.4, 0.5) is 4.39 Å². The fourth-order valence-electron chi connectivity index (χ4n) is 3.38. The van der Waals surface area contributed by atoms with Gasteiger partial charge in [-0.25, -0.2) is 9.37 Å². The first-order valence-electron chi connectivity index (χ1n) is 8.17. The van der Waals surface area contributed by atoms with Crippen LogP contribution in [0.3, 0.4) is 0 Å². The second kappa shape index (κ2) is 6.99. The van der Waals surface area contributed by atoms with Gasteiger partial charge in [0.05, 0.1) is 12.5 Å². The number of halogens is 1. The lowest BCUT2D eigenvalue weighted by molar-refractivity contribution is -0.126. The van der Waals surface area contributed by atoms with E-state index >= 15 is 0 Å². The summed E-state index contributed by atoms with van der Waals surface area (Å²) in [5, 5.41) is 3.02. The summed E-state index contributed by atoms with van der Waals surface area (Å²) in [6.45, 7) is 0.415. The molecule has 1 aliphatic rings. The van der Waals surface area contributed by atoms with E-state index < -0.39 is 5.41 Å². The Morgan fingerprint density at radius 1 is 1.21 bits per heavy atom. The monoisotopic (exact) mass is 328 g/mol. The van der Waals surface area contributed by atoms with Crippen molar-refractivity contribution in [2.24, 2.45) is 0 Å². The highest BCUT2D eigenvalue weighted by Gasteiger charge is 2.42. The average molecular weight is 328 g/mol. The number of carbonyl (C=O) groups is 1. The van der Waals surface area contributed by atoms with Crippen molar-refractivity contribution in [1.29, 1.82) is 0 Å². The molecule has 24 heavy (non-hydrogen) atoms. The fourth-order valence-corrected chi connectivity index (χ4v) is 3.38. The maximum Gasteiger partial charge on any atom is 0.230 e. The molecule has 0 aliphatic heterocycles. The van der Waals surface area contributed by atoms with Gasteiger partial charge in [-0.05, 0) is 36.1 Å². The lowest BCUT2D eigenvalue weighted by Gasteiger charge is -2.28. The number of carbonyl (C=O) groups excluding carboxylic acids is 1. The Labute approximate surface area is 141 Å². The maximum absolute atomic E-state index is 13.2. The lowest BCUT2D eigenvalue weighted by Crippen LogP contribution is -2.42. The molecule has 0 saturated heterocycles. The molecule has 1 aromatic carbocycles. The van der Waals surface area contributed by atoms with Gasteiger partial charge in [0, 0.05) is 18.8 Å². The van der Waals surface area contributed by atoms with Crippen LogP contribution in [0.15, 0.2) is 42.6 Å². The quantitative estimate of drug-likeness (QED) is 0.916. The minimum atomic E-state index is -0.548. The SMILES string of the molecule is COc1ccc(CNC(=O)C2(c3ccc(F)cc3)CCCC2)cn1. The molecule has 0 spiro atoms. The Hall–Kier alpha value is -2.43. The van der Waals surface area contributed by atoms with Crippen LogP contribution in [0.25, 0.3) is 0 Å². The molecule has 5 heteroatoms. The van der Waals surface area contributed by atoms with Gasteiger partial charge < -0.3 is 10.1 Å². The topological polar surface area (TPSA) is 51.2 Å². The number of hydrogen-bond donors (Lipinski definition) is 1. The van der Waals surface area contributed by atoms with Crippen LogP contribution in [0.2, 0.25) is 0 Å². The number of methoxy groups -OCH3 is 1. The van der Waals surface area contributed by atoms with Crippen LogP contribution in [-0.2, 0) is 16.8 Å². The maximum atomic E-state index is 13.2. The van der Waals surface area contributed by atoms with Crippen LogP contribution in [0.1, 0.15) is 36.8 Å². The third-order valence-electron chi connectivity index (χ3n) is 4.75. The summed E-state index contributed by atoms with van der Waals surface area (Å²) in [4.78, 5) is 17.0. The third-order valence-corrected chi connectivity index (χ3v) is 4.75. The summed E-state index contributed by atoms with van der Waals surface area (Å²) in [5.74, 6) is 0.266. The number of rotatable bonds is 5. The van der Waals surface area contributed by atoms with E-state index in [1.54, 1.807) is 31.5 Å². The second-order valence-electron chi connectivity index (χ2n) is 6.19. The van der Waals surface area contributed by atoms with Crippen molar-refractivity contribution in [3.63, 3.8) is 0 Å². The largest absolute Gasteiger partial charge is 0.481 e. The molecule has 126 valence electrons. The van der Waals surface area contributed by atoms with E-state index in [0.29, 0.717) is 12.4 Å². The standard InChI is InChI=1S/C19H21FN2O2/c1-24-17-9-4-14(12-21-17)13-22-18(23)19(10-2-3-11-19)15-5-7-16(20)8-6-15/h4-9,12H,2-3,10-11,13H2,1H3,(H,22,23). The highest BCUT2D eigenvalue weighted by atomic mass is 19.1. The molecule has 0 unspecified atom stereocenters. The van der Waals surface area contributed by atoms with Crippen LogP contribution < -0.4 is 10.1 Å². The zero-order valence-corrected chi connectivity index (χ0v) is 13.7. The van der Waals surface area contributed by atoms with Crippen LogP contribution in [0, 0.1) is 5.82 Å². The Balaban J connectivity index is 1.73. The van der Waals surface area contributed by atoms with E-state index in [4.69, 9.17) is 4.74 Å². The Morgan fingerprint density at radius 2 is 1.92 bits per heavy atom. The number of hydrogen-bond acceptors (Lipinski definition) is 3. The molecule has 0 radical (unpaired) electrons. The molecule has 2 aromatic rings. The summed E-state index contributed by atoms with van der Waals surface area (Å²) in [6, 6.07) is 9.97. The number of nitrogens with zero attached hydrogens (tertiary/aromatic N) is 1. The van der Waals surface area contributed by atoms with Crippen LogP contribution in [-0.4, -0.2) is 18.0 Å². The summed E-state index contributed by atoms with van der Waals surface area (Å²) < 4.78 is 18.2. The van der Waals surface area contributed by atoms with Gasteiger partial charge in [0.25, 0.3) is 0 Å². The molecule has 1 fully saturated rings. The number of amides is 1. The molecular formula is C19H21FN2O2. The zero-order chi connectivity index (χ0) is 17.0. The van der Waals surface area contributed by atoms with Gasteiger partial charge in [-0.3, -0.25) is 4.79 Å². The van der Waals surface area contributed by atoms with Crippen molar-refractivity contribution in [2.75, 3.05) is 7.11 Å². The number of ether oxygens (including phenoxy) is 1. The fraction of sp³-hybridized carbons (Fsp3) is 0.368. The first-order valence-corrected chi connectivity index (χ1v) is 8.17. The molecule has 1 heterocycles. The molecule has 0 bridgehead atoms. The molecule has 3 rings (SSSR count). The lowest BCUT2D eigenvalue weighted by atomic mass is 9.78. The van der Waals surface area contributed by atoms with Gasteiger partial charge in [0.1, 0.15) is 5.82 Å². The normalized spacial score (nSPS) is 15.9. The summed E-state index contributed by atoms with van der Waals surface area (Å²) in [5.41, 5.74) is 1.26. The minimum Gasteiger partial charge on any atom is -0.481 e. The first kappa shape index (κ1) is 16.4. The van der Waals surface area contributed by atoms with Crippen molar-refractivity contribution in [3.8, 4) is 5.88 Å². The second-order valence-corrected chi connectivity index (χ2v) is 6.19. The average Bonchev–Trinajstić information content (AvgIpc) is 3.12. The molecule has 1 N–H and O–H groups in total. The Kier molecular flexibility index (Phi) is 4.79. The number of pyridine rings is 1. The molecular weight excluding hydrogens is 307 g/mol. The smallest absolute Gasteiger partial charge is 0.230 e. The summed E-state index contributed by atoms with van der Waals surface area (Å²) in [7, 11) is 1.57. The van der Waals surface area contributed by atoms with E-state index in [0.717, 1.165) is 36.8 Å². The first-order chi connectivity index (χ1) is 11.6. The predicted molar refractivity (Wildman–Crippen MR) is 89.2 cm³/mol. The van der Waals surface area contributed by atoms with E-state index in [2.05, 4.69) is 10.3 Å². The third kappa shape index (κ3) is 3.25. The number of aromatic nitrogens is 1. The van der Waals surface area contributed by atoms with E-state index in [1.165, 1.54) is 12.1 Å². The number of nitrogens with one attached hydrogen (secondary N) is 1. The predicted octanol–water partition coefficient (Wildman–Crippen LogP) is 3.36. The van der Waals surface area contributed by atoms with Crippen molar-refractivity contribution in [3.05, 3.63) is 59.5 Å². The van der Waals surface area contributed by atoms with E-state index in [1.807, 2.05) is 6.07 Å². The Bertz CT molecular complexity index is 692. The van der Waals surface area contributed by atoms with Gasteiger partial charge in [-0.1, -0.05) is 31.0 Å². The van der Waals surface area contributed by atoms with Crippen molar-refractivity contribution in [1.82, 2.24) is 10.3 Å². The van der Waals surface area contributed by atoms with E-state index in [-0.39, 0.29) is 11.7 Å². The van der Waals surface area contributed by atoms with Gasteiger partial charge in [0.15, 0.2) is 0 Å². The van der Waals surface area contributed by atoms with Crippen molar-refractivity contribution in [2.45, 2.75) is 37.6 Å². The van der Waals surface area contributed by atoms with Gasteiger partial charge in [-0.2, -0.15) is 0 Å². The van der Waals surface area contributed by atoms with Gasteiger partial charge >= 0.3 is 0 Å². The van der Waals surface area contributed by atoms with Crippen molar-refractivity contribution < 1.29 is 13.9 Å². The van der Waals surface area contributed by atoms with Gasteiger partial charge in [0.2, 0.25) is 11.8 Å². The zero-order valence-electron chi connectivity index (χ0n) is 13.7. The van der Waals surface area contributed by atoms with Crippen molar-refractivity contribution >= 4 is 5.91 Å². The number of benzene rings is 1. The molecule has 0 atom stereocenters. The summed E-state index contributed by atoms with van der Waals surface area (Å²) >= 11 is 0. The molecule has 4 nitrogen and oxygen atoms in total. The molecule has 1 aliphatic carbocycles. The highest BCUT2D eigenvalue weighted by molar-refractivity contribution is 5.88. The highest BCUT2D eigenvalue weighted by Crippen LogP contribution is 2.41. The minimum absolute atomic E-state index is 0.00225. The molecule has 1 saturated carbocycles. The van der Waals surface area contributed by atoms with Gasteiger partial charge in [-0.15, -0.1) is 0 Å². The molecule has 1 aromatic heterocycles. The van der Waals surface area contributed by atoms with Crippen LogP contribution in [0.5, 0.6) is 5.88 Å². The Morgan fingerprint density at radius 3 is 2.50 bits per heavy atom. The molecule has 1 amide bonds. The summed E-state index contributed by atoms with van der Waals surface area (Å²) in [6.07, 6.45) is 5.30. The van der Waals surface area contributed by atoms with E-state index in [9.17, 15) is 9.18 Å². The van der Waals surface area contributed by atoms with Crippen LogP contribution >= 0.6 is 0 Å².